The van der Waals surface area contributed by atoms with Crippen LogP contribution in [0, 0.1) is 35.5 Å². The van der Waals surface area contributed by atoms with Gasteiger partial charge in [-0.05, 0) is 79.8 Å². The molecule has 1 aromatic carbocycles. The number of aliphatic hydroxyl groups is 1. The van der Waals surface area contributed by atoms with Crippen LogP contribution in [0.1, 0.15) is 87.1 Å². The summed E-state index contributed by atoms with van der Waals surface area (Å²) in [5.74, 6) is 1.35. The Bertz CT molecular complexity index is 1290. The average molecular weight is 716 g/mol. The van der Waals surface area contributed by atoms with Gasteiger partial charge in [-0.3, -0.25) is 9.69 Å². The Morgan fingerprint density at radius 1 is 1.06 bits per heavy atom. The summed E-state index contributed by atoms with van der Waals surface area (Å²) in [4.78, 5) is 25.3. The third-order valence-electron chi connectivity index (χ3n) is 10.9. The van der Waals surface area contributed by atoms with E-state index in [2.05, 4.69) is 92.7 Å². The van der Waals surface area contributed by atoms with E-state index in [1.807, 2.05) is 31.3 Å². The zero-order valence-electron chi connectivity index (χ0n) is 33.4. The number of rotatable bonds is 21. The zero-order chi connectivity index (χ0) is 37.8. The van der Waals surface area contributed by atoms with Crippen LogP contribution in [0.4, 0.5) is 5.69 Å². The zero-order valence-corrected chi connectivity index (χ0v) is 34.4. The molecule has 1 amide bonds. The van der Waals surface area contributed by atoms with Gasteiger partial charge in [0.15, 0.2) is 14.9 Å². The summed E-state index contributed by atoms with van der Waals surface area (Å²) in [6.45, 7) is 24.1. The second-order valence-corrected chi connectivity index (χ2v) is 20.4. The number of nitrogens with zero attached hydrogens (tertiary/aromatic N) is 1. The fourth-order valence-corrected chi connectivity index (χ4v) is 7.84. The monoisotopic (exact) mass is 715 g/mol. The van der Waals surface area contributed by atoms with Crippen LogP contribution in [0.2, 0.25) is 18.1 Å². The number of hydrogen-bond acceptors (Lipinski definition) is 7. The number of ether oxygens (including phenoxy) is 4. The van der Waals surface area contributed by atoms with Crippen LogP contribution in [-0.4, -0.2) is 70.7 Å². The highest BCUT2D eigenvalue weighted by molar-refractivity contribution is 6.72. The summed E-state index contributed by atoms with van der Waals surface area (Å²) in [7, 11) is 0.758. The third kappa shape index (κ3) is 12.4. The fourth-order valence-electron chi connectivity index (χ4n) is 7.11. The Labute approximate surface area is 305 Å². The first-order valence-electron chi connectivity index (χ1n) is 18.5. The van der Waals surface area contributed by atoms with Gasteiger partial charge in [0.25, 0.3) is 5.91 Å². The van der Waals surface area contributed by atoms with E-state index in [0.717, 1.165) is 24.8 Å². The van der Waals surface area contributed by atoms with Gasteiger partial charge in [0.1, 0.15) is 19.3 Å². The molecule has 0 spiro atoms. The lowest BCUT2D eigenvalue weighted by atomic mass is 9.71. The molecule has 1 aromatic rings. The highest BCUT2D eigenvalue weighted by atomic mass is 28.4. The molecule has 0 saturated heterocycles. The Morgan fingerprint density at radius 3 is 2.34 bits per heavy atom. The van der Waals surface area contributed by atoms with E-state index in [0.29, 0.717) is 17.4 Å². The summed E-state index contributed by atoms with van der Waals surface area (Å²) >= 11 is 0. The Kier molecular flexibility index (Phi) is 17.6. The molecule has 1 aliphatic rings. The minimum Gasteiger partial charge on any atom is -0.482 e. The van der Waals surface area contributed by atoms with Gasteiger partial charge >= 0.3 is 0 Å². The number of methoxy groups -OCH3 is 2. The first-order chi connectivity index (χ1) is 23.4. The number of carbonyl (C=O) groups is 1. The Morgan fingerprint density at radius 2 is 1.74 bits per heavy atom. The molecule has 2 unspecified atom stereocenters. The molecule has 8 nitrogen and oxygen atoms in total. The maximum Gasteiger partial charge on any atom is 0.266 e. The minimum absolute atomic E-state index is 0.00254. The van der Waals surface area contributed by atoms with Crippen molar-refractivity contribution in [1.29, 1.82) is 0 Å². The smallest absolute Gasteiger partial charge is 0.266 e. The molecule has 0 saturated carbocycles. The Balaban J connectivity index is 2.30. The molecule has 284 valence electrons. The molecule has 1 aliphatic heterocycles. The summed E-state index contributed by atoms with van der Waals surface area (Å²) in [6.07, 6.45) is 12.9. The second-order valence-electron chi connectivity index (χ2n) is 15.9. The van der Waals surface area contributed by atoms with E-state index >= 15 is 0 Å². The van der Waals surface area contributed by atoms with E-state index in [9.17, 15) is 14.7 Å². The predicted octanol–water partition coefficient (Wildman–Crippen LogP) is 8.85. The molecule has 8 atom stereocenters. The van der Waals surface area contributed by atoms with Gasteiger partial charge < -0.3 is 28.8 Å². The second kappa shape index (κ2) is 20.1. The maximum atomic E-state index is 12.5. The highest BCUT2D eigenvalue weighted by Gasteiger charge is 2.43. The topological polar surface area (TPSA) is 97.7 Å². The van der Waals surface area contributed by atoms with Crippen LogP contribution in [0.15, 0.2) is 48.1 Å². The SMILES string of the molecule is CC/C=C\C(C)[C@H](O)[C@@H](C)[C@H](CC(C)(C)[Si](C)(C)O)[C@@H](C)C/C(C)=C\[C@H](C)[C@@H](OCOC)C(C)/C=C\c1ccc2c(c1)N(COC)C(=O)CO2. The third-order valence-corrected chi connectivity index (χ3v) is 14.5. The highest BCUT2D eigenvalue weighted by Crippen LogP contribution is 2.47. The van der Waals surface area contributed by atoms with Crippen molar-refractivity contribution in [3.8, 4) is 5.75 Å². The molecule has 2 rings (SSSR count). The quantitative estimate of drug-likeness (QED) is 0.0746. The summed E-state index contributed by atoms with van der Waals surface area (Å²) < 4.78 is 22.5. The summed E-state index contributed by atoms with van der Waals surface area (Å²) in [5, 5.41) is 11.3. The lowest BCUT2D eigenvalue weighted by Gasteiger charge is -2.43. The largest absolute Gasteiger partial charge is 0.482 e. The lowest BCUT2D eigenvalue weighted by Crippen LogP contribution is -2.43. The van der Waals surface area contributed by atoms with Crippen LogP contribution in [0.3, 0.4) is 0 Å². The standard InChI is InChI=1S/C41H69NO7Si/c1-14-15-16-29(3)39(44)33(7)35(24-41(8,9)50(12,13)45)31(5)21-28(2)22-32(6)40(49-27-47-11)30(4)17-18-34-19-20-37-36(23-34)42(26-46-10)38(43)25-48-37/h15-20,22-23,29-33,35,39-40,44-45H,14,21,24-27H2,1-13H3/b16-15-,18-17-,28-22-/t29?,30?,31-,32-,33-,35+,39-,40-/m0/s1. The van der Waals surface area contributed by atoms with Crippen molar-refractivity contribution in [3.05, 3.63) is 53.6 Å². The number of fused-ring (bicyclic) bond motifs is 1. The molecule has 0 bridgehead atoms. The number of hydrogen-bond donors (Lipinski definition) is 2. The van der Waals surface area contributed by atoms with Crippen LogP contribution >= 0.6 is 0 Å². The molecule has 50 heavy (non-hydrogen) atoms. The number of allylic oxidation sites excluding steroid dienone is 2. The van der Waals surface area contributed by atoms with Crippen molar-refractivity contribution in [2.75, 3.05) is 39.3 Å². The van der Waals surface area contributed by atoms with Crippen molar-refractivity contribution < 1.29 is 33.6 Å². The van der Waals surface area contributed by atoms with E-state index < -0.39 is 14.4 Å². The molecular weight excluding hydrogens is 647 g/mol. The van der Waals surface area contributed by atoms with Gasteiger partial charge in [-0.15, -0.1) is 0 Å². The molecule has 0 fully saturated rings. The predicted molar refractivity (Wildman–Crippen MR) is 209 cm³/mol. The first-order valence-corrected chi connectivity index (χ1v) is 21.4. The molecular formula is C41H69NO7Si. The lowest BCUT2D eigenvalue weighted by molar-refractivity contribution is -0.122. The molecule has 0 aliphatic carbocycles. The van der Waals surface area contributed by atoms with Crippen molar-refractivity contribution in [2.45, 2.75) is 112 Å². The summed E-state index contributed by atoms with van der Waals surface area (Å²) in [6, 6.07) is 5.83. The van der Waals surface area contributed by atoms with Crippen LogP contribution in [0.25, 0.3) is 6.08 Å². The molecule has 2 N–H and O–H groups in total. The molecule has 0 aromatic heterocycles. The van der Waals surface area contributed by atoms with Crippen molar-refractivity contribution in [2.24, 2.45) is 35.5 Å². The number of aliphatic hydroxyl groups excluding tert-OH is 1. The van der Waals surface area contributed by atoms with E-state index in [-0.39, 0.29) is 66.8 Å². The summed E-state index contributed by atoms with van der Waals surface area (Å²) in [5.41, 5.74) is 2.94. The minimum atomic E-state index is -2.45. The van der Waals surface area contributed by atoms with Crippen molar-refractivity contribution >= 4 is 26.0 Å². The van der Waals surface area contributed by atoms with Crippen molar-refractivity contribution in [1.82, 2.24) is 0 Å². The molecule has 9 heteroatoms. The van der Waals surface area contributed by atoms with E-state index in [1.165, 1.54) is 5.57 Å². The number of carbonyl (C=O) groups excluding carboxylic acids is 1. The number of anilines is 1. The van der Waals surface area contributed by atoms with Gasteiger partial charge in [-0.2, -0.15) is 0 Å². The average Bonchev–Trinajstić information content (AvgIpc) is 3.05. The van der Waals surface area contributed by atoms with Gasteiger partial charge in [0, 0.05) is 32.0 Å². The first kappa shape index (κ1) is 43.9. The van der Waals surface area contributed by atoms with Crippen LogP contribution < -0.4 is 9.64 Å². The number of benzene rings is 1. The van der Waals surface area contributed by atoms with E-state index in [4.69, 9.17) is 18.9 Å². The molecule has 0 radical (unpaired) electrons. The van der Waals surface area contributed by atoms with Gasteiger partial charge in [-0.25, -0.2) is 0 Å². The number of amides is 1. The maximum absolute atomic E-state index is 12.5. The normalized spacial score (nSPS) is 19.5. The van der Waals surface area contributed by atoms with E-state index in [1.54, 1.807) is 19.1 Å². The fraction of sp³-hybridized carbons (Fsp3) is 0.683. The van der Waals surface area contributed by atoms with Crippen LogP contribution in [-0.2, 0) is 19.0 Å². The van der Waals surface area contributed by atoms with Crippen LogP contribution in [0.5, 0.6) is 5.75 Å². The van der Waals surface area contributed by atoms with Gasteiger partial charge in [-0.1, -0.05) is 97.4 Å². The van der Waals surface area contributed by atoms with Gasteiger partial charge in [0.2, 0.25) is 0 Å². The van der Waals surface area contributed by atoms with Crippen molar-refractivity contribution in [3.63, 3.8) is 0 Å². The Hall–Kier alpha value is -2.27. The van der Waals surface area contributed by atoms with Gasteiger partial charge in [0.05, 0.1) is 17.9 Å². The molecule has 1 heterocycles.